The number of amides is 2. The lowest BCUT2D eigenvalue weighted by Gasteiger charge is -2.42. The van der Waals surface area contributed by atoms with Crippen LogP contribution in [0.25, 0.3) is 0 Å². The molecule has 2 aliphatic rings. The Hall–Kier alpha value is -1.30. The predicted molar refractivity (Wildman–Crippen MR) is 75.6 cm³/mol. The number of carboxylic acids is 1. The number of nitrogens with one attached hydrogen (secondary N) is 1. The average Bonchev–Trinajstić information content (AvgIpc) is 2.83. The van der Waals surface area contributed by atoms with E-state index in [1.807, 2.05) is 11.8 Å². The standard InChI is InChI=1S/C14H25N3O3/c1-3-11(7-13(18)19)15-14(20)17-9-12-5-4-6-16(12)8-10(17)2/h10-12H,3-9H2,1-2H3,(H,15,20)(H,18,19). The Balaban J connectivity index is 1.92. The molecule has 3 atom stereocenters. The van der Waals surface area contributed by atoms with Crippen LogP contribution in [-0.4, -0.2) is 64.7 Å². The lowest BCUT2D eigenvalue weighted by Crippen LogP contribution is -2.59. The summed E-state index contributed by atoms with van der Waals surface area (Å²) >= 11 is 0. The zero-order valence-corrected chi connectivity index (χ0v) is 12.3. The molecule has 114 valence electrons. The third-order valence-corrected chi connectivity index (χ3v) is 4.44. The van der Waals surface area contributed by atoms with Crippen LogP contribution in [0.15, 0.2) is 0 Å². The van der Waals surface area contributed by atoms with Crippen LogP contribution in [0, 0.1) is 0 Å². The lowest BCUT2D eigenvalue weighted by atomic mass is 10.1. The van der Waals surface area contributed by atoms with Gasteiger partial charge < -0.3 is 15.3 Å². The van der Waals surface area contributed by atoms with Gasteiger partial charge in [0.15, 0.2) is 0 Å². The Morgan fingerprint density at radius 3 is 2.80 bits per heavy atom. The molecule has 0 aliphatic carbocycles. The van der Waals surface area contributed by atoms with Crippen LogP contribution < -0.4 is 5.32 Å². The van der Waals surface area contributed by atoms with Crippen molar-refractivity contribution in [2.45, 2.75) is 57.7 Å². The molecule has 2 aliphatic heterocycles. The second-order valence-electron chi connectivity index (χ2n) is 5.94. The molecule has 3 unspecified atom stereocenters. The monoisotopic (exact) mass is 283 g/mol. The van der Waals surface area contributed by atoms with Crippen LogP contribution in [0.3, 0.4) is 0 Å². The first-order valence-electron chi connectivity index (χ1n) is 7.54. The van der Waals surface area contributed by atoms with Crippen LogP contribution in [0.4, 0.5) is 4.79 Å². The number of carboxylic acid groups (broad SMARTS) is 1. The van der Waals surface area contributed by atoms with Crippen molar-refractivity contribution in [2.24, 2.45) is 0 Å². The molecular weight excluding hydrogens is 258 g/mol. The van der Waals surface area contributed by atoms with Crippen LogP contribution >= 0.6 is 0 Å². The van der Waals surface area contributed by atoms with Crippen molar-refractivity contribution in [3.63, 3.8) is 0 Å². The van der Waals surface area contributed by atoms with Gasteiger partial charge >= 0.3 is 12.0 Å². The maximum absolute atomic E-state index is 12.4. The molecule has 2 heterocycles. The van der Waals surface area contributed by atoms with Crippen molar-refractivity contribution in [3.8, 4) is 0 Å². The van der Waals surface area contributed by atoms with Gasteiger partial charge in [-0.2, -0.15) is 0 Å². The highest BCUT2D eigenvalue weighted by Crippen LogP contribution is 2.24. The van der Waals surface area contributed by atoms with E-state index in [1.165, 1.54) is 6.42 Å². The number of hydrogen-bond donors (Lipinski definition) is 2. The van der Waals surface area contributed by atoms with Crippen LogP contribution in [-0.2, 0) is 4.79 Å². The summed E-state index contributed by atoms with van der Waals surface area (Å²) in [5.74, 6) is -0.870. The van der Waals surface area contributed by atoms with E-state index in [4.69, 9.17) is 5.11 Å². The third kappa shape index (κ3) is 3.42. The molecule has 0 aromatic rings. The maximum Gasteiger partial charge on any atom is 0.317 e. The summed E-state index contributed by atoms with van der Waals surface area (Å²) < 4.78 is 0. The molecule has 2 saturated heterocycles. The quantitative estimate of drug-likeness (QED) is 0.811. The van der Waals surface area contributed by atoms with Gasteiger partial charge in [0.1, 0.15) is 0 Å². The molecule has 0 aromatic heterocycles. The van der Waals surface area contributed by atoms with E-state index in [9.17, 15) is 9.59 Å². The summed E-state index contributed by atoms with van der Waals surface area (Å²) in [4.78, 5) is 27.5. The van der Waals surface area contributed by atoms with Crippen LogP contribution in [0.5, 0.6) is 0 Å². The van der Waals surface area contributed by atoms with Gasteiger partial charge in [0.25, 0.3) is 0 Å². The second-order valence-corrected chi connectivity index (χ2v) is 5.94. The normalized spacial score (nSPS) is 28.0. The first-order valence-corrected chi connectivity index (χ1v) is 7.54. The minimum Gasteiger partial charge on any atom is -0.481 e. The number of fused-ring (bicyclic) bond motifs is 1. The molecule has 6 nitrogen and oxygen atoms in total. The van der Waals surface area contributed by atoms with Gasteiger partial charge in [0.2, 0.25) is 0 Å². The number of urea groups is 1. The SMILES string of the molecule is CCC(CC(=O)O)NC(=O)N1CC2CCCN2CC1C. The number of rotatable bonds is 4. The fourth-order valence-electron chi connectivity index (χ4n) is 3.24. The molecule has 0 aromatic carbocycles. The van der Waals surface area contributed by atoms with Crippen molar-refractivity contribution in [1.82, 2.24) is 15.1 Å². The van der Waals surface area contributed by atoms with Crippen molar-refractivity contribution >= 4 is 12.0 Å². The summed E-state index contributed by atoms with van der Waals surface area (Å²) in [7, 11) is 0. The molecule has 20 heavy (non-hydrogen) atoms. The summed E-state index contributed by atoms with van der Waals surface area (Å²) in [6.07, 6.45) is 2.99. The van der Waals surface area contributed by atoms with Gasteiger partial charge in [-0.1, -0.05) is 6.92 Å². The van der Waals surface area contributed by atoms with Gasteiger partial charge in [-0.3, -0.25) is 9.69 Å². The van der Waals surface area contributed by atoms with Gasteiger partial charge in [0.05, 0.1) is 6.42 Å². The predicted octanol–water partition coefficient (Wildman–Crippen LogP) is 1.12. The number of piperazine rings is 1. The van der Waals surface area contributed by atoms with E-state index in [1.54, 1.807) is 0 Å². The van der Waals surface area contributed by atoms with Gasteiger partial charge in [-0.05, 0) is 32.7 Å². The highest BCUT2D eigenvalue weighted by atomic mass is 16.4. The number of carbonyl (C=O) groups is 2. The largest absolute Gasteiger partial charge is 0.481 e. The molecule has 2 fully saturated rings. The molecular formula is C14H25N3O3. The second kappa shape index (κ2) is 6.43. The van der Waals surface area contributed by atoms with E-state index in [-0.39, 0.29) is 24.5 Å². The topological polar surface area (TPSA) is 72.9 Å². The minimum atomic E-state index is -0.870. The number of hydrogen-bond acceptors (Lipinski definition) is 3. The smallest absolute Gasteiger partial charge is 0.317 e. The number of aliphatic carboxylic acids is 1. The van der Waals surface area contributed by atoms with Crippen LogP contribution in [0.2, 0.25) is 0 Å². The first kappa shape index (κ1) is 15.1. The fraction of sp³-hybridized carbons (Fsp3) is 0.857. The van der Waals surface area contributed by atoms with E-state index < -0.39 is 5.97 Å². The zero-order chi connectivity index (χ0) is 14.7. The van der Waals surface area contributed by atoms with E-state index in [0.29, 0.717) is 12.5 Å². The third-order valence-electron chi connectivity index (χ3n) is 4.44. The molecule has 6 heteroatoms. The highest BCUT2D eigenvalue weighted by molar-refractivity contribution is 5.76. The summed E-state index contributed by atoms with van der Waals surface area (Å²) in [5, 5.41) is 11.7. The van der Waals surface area contributed by atoms with E-state index in [2.05, 4.69) is 17.1 Å². The Bertz CT molecular complexity index is 375. The molecule has 0 saturated carbocycles. The lowest BCUT2D eigenvalue weighted by molar-refractivity contribution is -0.137. The highest BCUT2D eigenvalue weighted by Gasteiger charge is 2.36. The van der Waals surface area contributed by atoms with Crippen molar-refractivity contribution in [3.05, 3.63) is 0 Å². The Morgan fingerprint density at radius 2 is 2.15 bits per heavy atom. The van der Waals surface area contributed by atoms with E-state index >= 15 is 0 Å². The van der Waals surface area contributed by atoms with Crippen molar-refractivity contribution < 1.29 is 14.7 Å². The average molecular weight is 283 g/mol. The van der Waals surface area contributed by atoms with Gasteiger partial charge in [-0.15, -0.1) is 0 Å². The molecule has 2 N–H and O–H groups in total. The van der Waals surface area contributed by atoms with Crippen molar-refractivity contribution in [1.29, 1.82) is 0 Å². The number of nitrogens with zero attached hydrogens (tertiary/aromatic N) is 2. The Kier molecular flexibility index (Phi) is 4.86. The molecule has 0 spiro atoms. The number of carbonyl (C=O) groups excluding carboxylic acids is 1. The Labute approximate surface area is 120 Å². The fourth-order valence-corrected chi connectivity index (χ4v) is 3.24. The minimum absolute atomic E-state index is 0.0139. The van der Waals surface area contributed by atoms with Crippen molar-refractivity contribution in [2.75, 3.05) is 19.6 Å². The van der Waals surface area contributed by atoms with E-state index in [0.717, 1.165) is 26.1 Å². The van der Waals surface area contributed by atoms with Gasteiger partial charge in [-0.25, -0.2) is 4.79 Å². The Morgan fingerprint density at radius 1 is 1.40 bits per heavy atom. The molecule has 2 amide bonds. The van der Waals surface area contributed by atoms with Gasteiger partial charge in [0, 0.05) is 31.2 Å². The van der Waals surface area contributed by atoms with Crippen LogP contribution in [0.1, 0.15) is 39.5 Å². The summed E-state index contributed by atoms with van der Waals surface area (Å²) in [6, 6.07) is 0.272. The molecule has 0 radical (unpaired) electrons. The summed E-state index contributed by atoms with van der Waals surface area (Å²) in [5.41, 5.74) is 0. The maximum atomic E-state index is 12.4. The molecule has 0 bridgehead atoms. The first-order chi connectivity index (χ1) is 9.51. The summed E-state index contributed by atoms with van der Waals surface area (Å²) in [6.45, 7) is 6.78. The molecule has 2 rings (SSSR count). The zero-order valence-electron chi connectivity index (χ0n) is 12.3.